The summed E-state index contributed by atoms with van der Waals surface area (Å²) in [5, 5.41) is 1.09. The highest BCUT2D eigenvalue weighted by molar-refractivity contribution is 5.89. The first-order chi connectivity index (χ1) is 13.1. The smallest absolute Gasteiger partial charge is 0.232 e. The van der Waals surface area contributed by atoms with Crippen molar-refractivity contribution >= 4 is 16.9 Å². The lowest BCUT2D eigenvalue weighted by atomic mass is 10.2. The standard InChI is InChI=1S/C21H27N5O/c1-16-17(2)26(14-18-6-4-3-5-7-18)21-19(16)20(22)25(15-23-21)9-8-24-10-12-27-13-11-24/h3-7,15,22H,8-14H2,1-2H3/p+2. The fourth-order valence-electron chi connectivity index (χ4n) is 3.94. The Bertz CT molecular complexity index is 929. The van der Waals surface area contributed by atoms with Crippen molar-refractivity contribution < 1.29 is 14.2 Å². The lowest BCUT2D eigenvalue weighted by Crippen LogP contribution is -3.14. The molecule has 0 unspecified atom stereocenters. The summed E-state index contributed by atoms with van der Waals surface area (Å²) in [6.07, 6.45) is 1.90. The molecule has 3 heterocycles. The second-order valence-electron chi connectivity index (χ2n) is 7.42. The molecule has 0 saturated carbocycles. The molecule has 0 aliphatic carbocycles. The first-order valence-electron chi connectivity index (χ1n) is 9.73. The Morgan fingerprint density at radius 1 is 1.19 bits per heavy atom. The Balaban J connectivity index is 1.63. The highest BCUT2D eigenvalue weighted by atomic mass is 16.5. The summed E-state index contributed by atoms with van der Waals surface area (Å²) in [6, 6.07) is 10.5. The number of ether oxygens (including phenoxy) is 1. The molecule has 1 aliphatic rings. The number of aromatic nitrogens is 3. The first-order valence-corrected chi connectivity index (χ1v) is 9.73. The van der Waals surface area contributed by atoms with Crippen LogP contribution in [0.1, 0.15) is 16.8 Å². The Hall–Kier alpha value is -2.44. The van der Waals surface area contributed by atoms with Gasteiger partial charge in [0.1, 0.15) is 31.6 Å². The molecule has 3 N–H and O–H groups in total. The summed E-state index contributed by atoms with van der Waals surface area (Å²) in [4.78, 5) is 6.37. The topological polar surface area (TPSA) is 61.4 Å². The van der Waals surface area contributed by atoms with Gasteiger partial charge < -0.3 is 19.9 Å². The molecule has 0 spiro atoms. The summed E-state index contributed by atoms with van der Waals surface area (Å²) < 4.78 is 9.82. The molecule has 142 valence electrons. The Kier molecular flexibility index (Phi) is 5.09. The molecule has 0 amide bonds. The number of nitrogens with one attached hydrogen (secondary N) is 1. The van der Waals surface area contributed by atoms with E-state index in [1.807, 2.05) is 12.4 Å². The van der Waals surface area contributed by atoms with Crippen molar-refractivity contribution in [2.75, 3.05) is 38.6 Å². The number of rotatable bonds is 5. The zero-order valence-electron chi connectivity index (χ0n) is 16.2. The molecular formula is C21H29N5O+2. The van der Waals surface area contributed by atoms with E-state index in [-0.39, 0.29) is 0 Å². The van der Waals surface area contributed by atoms with Crippen LogP contribution in [0.3, 0.4) is 0 Å². The van der Waals surface area contributed by atoms with Gasteiger partial charge in [-0.3, -0.25) is 0 Å². The van der Waals surface area contributed by atoms with Crippen molar-refractivity contribution in [2.24, 2.45) is 0 Å². The van der Waals surface area contributed by atoms with E-state index in [0.29, 0.717) is 0 Å². The number of nitrogens with zero attached hydrogens (tertiary/aromatic N) is 3. The highest BCUT2D eigenvalue weighted by Gasteiger charge is 2.22. The van der Waals surface area contributed by atoms with Crippen LogP contribution in [0.2, 0.25) is 0 Å². The van der Waals surface area contributed by atoms with Crippen molar-refractivity contribution in [1.29, 1.82) is 0 Å². The van der Waals surface area contributed by atoms with Crippen molar-refractivity contribution in [3.63, 3.8) is 0 Å². The predicted octanol–water partition coefficient (Wildman–Crippen LogP) is 0.486. The van der Waals surface area contributed by atoms with Crippen molar-refractivity contribution in [3.8, 4) is 0 Å². The van der Waals surface area contributed by atoms with Crippen molar-refractivity contribution in [2.45, 2.75) is 26.9 Å². The zero-order chi connectivity index (χ0) is 18.8. The van der Waals surface area contributed by atoms with E-state index >= 15 is 0 Å². The number of benzene rings is 1. The molecule has 1 aliphatic heterocycles. The van der Waals surface area contributed by atoms with Gasteiger partial charge >= 0.3 is 0 Å². The molecule has 6 nitrogen and oxygen atoms in total. The van der Waals surface area contributed by atoms with Crippen LogP contribution < -0.4 is 15.2 Å². The molecule has 1 fully saturated rings. The molecule has 0 radical (unpaired) electrons. The molecule has 6 heteroatoms. The monoisotopic (exact) mass is 367 g/mol. The Labute approximate surface area is 160 Å². The minimum atomic E-state index is 0.811. The number of hydrogen-bond donors (Lipinski definition) is 2. The summed E-state index contributed by atoms with van der Waals surface area (Å²) >= 11 is 0. The number of fused-ring (bicyclic) bond motifs is 1. The molecule has 4 rings (SSSR count). The minimum absolute atomic E-state index is 0.811. The van der Waals surface area contributed by atoms with Gasteiger partial charge in [0, 0.05) is 5.69 Å². The lowest BCUT2D eigenvalue weighted by Gasteiger charge is -2.23. The second-order valence-corrected chi connectivity index (χ2v) is 7.42. The average Bonchev–Trinajstić information content (AvgIpc) is 2.94. The zero-order valence-corrected chi connectivity index (χ0v) is 16.2. The van der Waals surface area contributed by atoms with Gasteiger partial charge in [-0.05, 0) is 25.0 Å². The van der Waals surface area contributed by atoms with Crippen LogP contribution >= 0.6 is 0 Å². The second kappa shape index (κ2) is 7.66. The quantitative estimate of drug-likeness (QED) is 0.645. The number of morpholine rings is 1. The molecule has 0 atom stereocenters. The lowest BCUT2D eigenvalue weighted by molar-refractivity contribution is -0.925. The van der Waals surface area contributed by atoms with Crippen LogP contribution in [0.25, 0.3) is 11.0 Å². The number of aryl methyl sites for hydroxylation is 1. The predicted molar refractivity (Wildman–Crippen MR) is 106 cm³/mol. The maximum atomic E-state index is 6.59. The van der Waals surface area contributed by atoms with Crippen molar-refractivity contribution in [1.82, 2.24) is 9.55 Å². The molecular weight excluding hydrogens is 338 g/mol. The molecule has 2 aromatic heterocycles. The van der Waals surface area contributed by atoms with E-state index in [4.69, 9.17) is 15.5 Å². The highest BCUT2D eigenvalue weighted by Crippen LogP contribution is 2.27. The maximum absolute atomic E-state index is 6.59. The Morgan fingerprint density at radius 3 is 2.67 bits per heavy atom. The first kappa shape index (κ1) is 17.9. The van der Waals surface area contributed by atoms with Gasteiger partial charge in [0.15, 0.2) is 0 Å². The minimum Gasteiger partial charge on any atom is -0.370 e. The van der Waals surface area contributed by atoms with Gasteiger partial charge in [0.2, 0.25) is 17.8 Å². The van der Waals surface area contributed by atoms with Gasteiger partial charge in [-0.2, -0.15) is 0 Å². The third-order valence-corrected chi connectivity index (χ3v) is 5.78. The summed E-state index contributed by atoms with van der Waals surface area (Å²) in [5.41, 5.74) is 11.3. The largest absolute Gasteiger partial charge is 0.370 e. The van der Waals surface area contributed by atoms with E-state index in [1.165, 1.54) is 16.8 Å². The number of hydrogen-bond acceptors (Lipinski definition) is 3. The van der Waals surface area contributed by atoms with Crippen LogP contribution in [0.15, 0.2) is 36.7 Å². The number of nitrogens with two attached hydrogens (primary N) is 1. The van der Waals surface area contributed by atoms with Crippen LogP contribution in [0, 0.1) is 13.8 Å². The van der Waals surface area contributed by atoms with E-state index in [9.17, 15) is 0 Å². The Morgan fingerprint density at radius 2 is 1.93 bits per heavy atom. The van der Waals surface area contributed by atoms with Crippen LogP contribution in [0.5, 0.6) is 0 Å². The van der Waals surface area contributed by atoms with Crippen LogP contribution in [-0.4, -0.2) is 42.4 Å². The number of quaternary nitrogens is 1. The third kappa shape index (κ3) is 3.55. The van der Waals surface area contributed by atoms with Gasteiger partial charge in [0.05, 0.1) is 19.8 Å². The van der Waals surface area contributed by atoms with Crippen molar-refractivity contribution in [3.05, 3.63) is 53.5 Å². The molecule has 1 aromatic carbocycles. The maximum Gasteiger partial charge on any atom is 0.232 e. The molecule has 27 heavy (non-hydrogen) atoms. The van der Waals surface area contributed by atoms with E-state index in [1.54, 1.807) is 4.90 Å². The average molecular weight is 367 g/mol. The SMILES string of the molecule is Cc1c(C)n(Cc2ccccc2)c2nc[n+](CC[NH+]3CCOCC3)c(N)c12. The van der Waals surface area contributed by atoms with Gasteiger partial charge in [0.25, 0.3) is 0 Å². The van der Waals surface area contributed by atoms with Crippen LogP contribution in [0.4, 0.5) is 5.82 Å². The van der Waals surface area contributed by atoms with Crippen LogP contribution in [-0.2, 0) is 17.8 Å². The fraction of sp³-hybridized carbons (Fsp3) is 0.429. The van der Waals surface area contributed by atoms with Gasteiger partial charge in [-0.25, -0.2) is 4.57 Å². The van der Waals surface area contributed by atoms with Gasteiger partial charge in [-0.1, -0.05) is 35.3 Å². The molecule has 3 aromatic rings. The van der Waals surface area contributed by atoms with E-state index in [0.717, 1.165) is 62.8 Å². The van der Waals surface area contributed by atoms with E-state index < -0.39 is 0 Å². The normalized spacial score (nSPS) is 15.5. The summed E-state index contributed by atoms with van der Waals surface area (Å²) in [7, 11) is 0. The number of nitrogen functional groups attached to an aromatic ring is 1. The fourth-order valence-corrected chi connectivity index (χ4v) is 3.94. The van der Waals surface area contributed by atoms with E-state index in [2.05, 4.69) is 47.2 Å². The summed E-state index contributed by atoms with van der Waals surface area (Å²) in [5.74, 6) is 0.820. The molecule has 0 bridgehead atoms. The number of anilines is 1. The molecule has 1 saturated heterocycles. The van der Waals surface area contributed by atoms with Gasteiger partial charge in [-0.15, -0.1) is 0 Å². The summed E-state index contributed by atoms with van der Waals surface area (Å²) in [6.45, 7) is 10.9. The third-order valence-electron chi connectivity index (χ3n) is 5.78.